The van der Waals surface area contributed by atoms with Gasteiger partial charge >= 0.3 is 0 Å². The minimum Gasteiger partial charge on any atom is -0.362 e. The SMILES string of the molecule is Clc1ccc([C@@H](CCNc2nccs2)Cc2ccccc2Cl)cc1. The molecular weight excluding hydrogens is 359 g/mol. The van der Waals surface area contributed by atoms with Gasteiger partial charge in [0.15, 0.2) is 5.13 Å². The predicted octanol–water partition coefficient (Wildman–Crippen LogP) is 6.28. The van der Waals surface area contributed by atoms with Crippen LogP contribution in [-0.4, -0.2) is 11.5 Å². The van der Waals surface area contributed by atoms with Gasteiger partial charge in [0, 0.05) is 28.2 Å². The third-order valence-electron chi connectivity index (χ3n) is 3.97. The first-order chi connectivity index (χ1) is 11.7. The monoisotopic (exact) mass is 376 g/mol. The standard InChI is InChI=1S/C19H18Cl2N2S/c20-17-7-5-14(6-8-17)15(9-10-22-19-23-11-12-24-19)13-16-3-1-2-4-18(16)21/h1-8,11-12,15H,9-10,13H2,(H,22,23)/t15-/m0/s1. The molecule has 3 aromatic rings. The van der Waals surface area contributed by atoms with Gasteiger partial charge in [-0.05, 0) is 48.1 Å². The van der Waals surface area contributed by atoms with Crippen LogP contribution < -0.4 is 5.32 Å². The van der Waals surface area contributed by atoms with E-state index >= 15 is 0 Å². The van der Waals surface area contributed by atoms with Crippen molar-refractivity contribution in [3.05, 3.63) is 81.3 Å². The fraction of sp³-hybridized carbons (Fsp3) is 0.211. The molecule has 124 valence electrons. The summed E-state index contributed by atoms with van der Waals surface area (Å²) in [7, 11) is 0. The quantitative estimate of drug-likeness (QED) is 0.524. The number of anilines is 1. The van der Waals surface area contributed by atoms with Crippen molar-refractivity contribution in [1.29, 1.82) is 0 Å². The molecule has 0 saturated carbocycles. The second-order valence-corrected chi connectivity index (χ2v) is 7.33. The highest BCUT2D eigenvalue weighted by atomic mass is 35.5. The van der Waals surface area contributed by atoms with Crippen LogP contribution in [0.2, 0.25) is 10.0 Å². The van der Waals surface area contributed by atoms with Crippen molar-refractivity contribution in [2.24, 2.45) is 0 Å². The average molecular weight is 377 g/mol. The molecule has 0 saturated heterocycles. The second-order valence-electron chi connectivity index (χ2n) is 5.60. The number of hydrogen-bond donors (Lipinski definition) is 1. The molecule has 1 heterocycles. The van der Waals surface area contributed by atoms with Crippen LogP contribution in [0.15, 0.2) is 60.1 Å². The molecule has 0 spiro atoms. The van der Waals surface area contributed by atoms with Gasteiger partial charge in [0.05, 0.1) is 0 Å². The zero-order valence-corrected chi connectivity index (χ0v) is 15.4. The smallest absolute Gasteiger partial charge is 0.182 e. The first-order valence-corrected chi connectivity index (χ1v) is 9.48. The molecule has 0 aliphatic heterocycles. The van der Waals surface area contributed by atoms with E-state index in [9.17, 15) is 0 Å². The lowest BCUT2D eigenvalue weighted by molar-refractivity contribution is 0.641. The predicted molar refractivity (Wildman–Crippen MR) is 105 cm³/mol. The van der Waals surface area contributed by atoms with Gasteiger partial charge in [0.1, 0.15) is 0 Å². The molecule has 2 nitrogen and oxygen atoms in total. The number of nitrogens with zero attached hydrogens (tertiary/aromatic N) is 1. The van der Waals surface area contributed by atoms with E-state index in [2.05, 4.69) is 28.5 Å². The summed E-state index contributed by atoms with van der Waals surface area (Å²) in [5.74, 6) is 0.370. The van der Waals surface area contributed by atoms with E-state index in [0.717, 1.165) is 34.6 Å². The van der Waals surface area contributed by atoms with Gasteiger partial charge in [0.25, 0.3) is 0 Å². The maximum Gasteiger partial charge on any atom is 0.182 e. The molecule has 0 unspecified atom stereocenters. The summed E-state index contributed by atoms with van der Waals surface area (Å²) in [6.07, 6.45) is 3.71. The van der Waals surface area contributed by atoms with Crippen molar-refractivity contribution in [3.8, 4) is 0 Å². The average Bonchev–Trinajstić information content (AvgIpc) is 3.10. The number of nitrogens with one attached hydrogen (secondary N) is 1. The van der Waals surface area contributed by atoms with Crippen LogP contribution >= 0.6 is 34.5 Å². The number of aromatic nitrogens is 1. The zero-order chi connectivity index (χ0) is 16.8. The minimum absolute atomic E-state index is 0.370. The normalized spacial score (nSPS) is 12.1. The van der Waals surface area contributed by atoms with Gasteiger partial charge in [-0.1, -0.05) is 53.5 Å². The van der Waals surface area contributed by atoms with Crippen molar-refractivity contribution in [1.82, 2.24) is 4.98 Å². The van der Waals surface area contributed by atoms with Crippen molar-refractivity contribution in [3.63, 3.8) is 0 Å². The van der Waals surface area contributed by atoms with E-state index in [1.54, 1.807) is 11.3 Å². The topological polar surface area (TPSA) is 24.9 Å². The summed E-state index contributed by atoms with van der Waals surface area (Å²) in [5, 5.41) is 7.90. The molecule has 1 atom stereocenters. The highest BCUT2D eigenvalue weighted by Gasteiger charge is 2.14. The Bertz CT molecular complexity index is 757. The zero-order valence-electron chi connectivity index (χ0n) is 13.1. The van der Waals surface area contributed by atoms with Gasteiger partial charge < -0.3 is 5.32 Å². The summed E-state index contributed by atoms with van der Waals surface area (Å²) in [5.41, 5.74) is 2.45. The minimum atomic E-state index is 0.370. The molecule has 0 bridgehead atoms. The summed E-state index contributed by atoms with van der Waals surface area (Å²) >= 11 is 14.0. The van der Waals surface area contributed by atoms with Crippen molar-refractivity contribution in [2.45, 2.75) is 18.8 Å². The molecule has 0 aliphatic carbocycles. The third-order valence-corrected chi connectivity index (χ3v) is 5.32. The highest BCUT2D eigenvalue weighted by Crippen LogP contribution is 2.29. The summed E-state index contributed by atoms with van der Waals surface area (Å²) in [6, 6.07) is 16.2. The van der Waals surface area contributed by atoms with Crippen molar-refractivity contribution < 1.29 is 0 Å². The lowest BCUT2D eigenvalue weighted by atomic mass is 9.89. The van der Waals surface area contributed by atoms with E-state index in [4.69, 9.17) is 23.2 Å². The van der Waals surface area contributed by atoms with Crippen LogP contribution in [0.1, 0.15) is 23.5 Å². The number of hydrogen-bond acceptors (Lipinski definition) is 3. The van der Waals surface area contributed by atoms with Crippen LogP contribution in [0.4, 0.5) is 5.13 Å². The Labute approximate surface area is 156 Å². The summed E-state index contributed by atoms with van der Waals surface area (Å²) in [4.78, 5) is 4.26. The number of benzene rings is 2. The maximum atomic E-state index is 6.35. The van der Waals surface area contributed by atoms with Crippen LogP contribution in [-0.2, 0) is 6.42 Å². The summed E-state index contributed by atoms with van der Waals surface area (Å²) in [6.45, 7) is 0.866. The van der Waals surface area contributed by atoms with Gasteiger partial charge in [-0.2, -0.15) is 0 Å². The van der Waals surface area contributed by atoms with Crippen LogP contribution in [0.5, 0.6) is 0 Å². The Morgan fingerprint density at radius 2 is 1.83 bits per heavy atom. The third kappa shape index (κ3) is 4.73. The van der Waals surface area contributed by atoms with Gasteiger partial charge in [-0.15, -0.1) is 11.3 Å². The van der Waals surface area contributed by atoms with E-state index in [0.29, 0.717) is 5.92 Å². The lowest BCUT2D eigenvalue weighted by Gasteiger charge is -2.19. The maximum absolute atomic E-state index is 6.35. The molecule has 3 rings (SSSR count). The number of halogens is 2. The molecule has 0 radical (unpaired) electrons. The highest BCUT2D eigenvalue weighted by molar-refractivity contribution is 7.13. The fourth-order valence-corrected chi connectivity index (χ4v) is 3.61. The molecule has 0 amide bonds. The number of thiazole rings is 1. The van der Waals surface area contributed by atoms with Crippen LogP contribution in [0, 0.1) is 0 Å². The molecular formula is C19H18Cl2N2S. The first kappa shape index (κ1) is 17.3. The molecule has 1 aromatic heterocycles. The van der Waals surface area contributed by atoms with Gasteiger partial charge in [0.2, 0.25) is 0 Å². The van der Waals surface area contributed by atoms with Gasteiger partial charge in [-0.25, -0.2) is 4.98 Å². The Morgan fingerprint density at radius 3 is 2.54 bits per heavy atom. The lowest BCUT2D eigenvalue weighted by Crippen LogP contribution is -2.10. The molecule has 2 aromatic carbocycles. The van der Waals surface area contributed by atoms with Crippen LogP contribution in [0.3, 0.4) is 0 Å². The summed E-state index contributed by atoms with van der Waals surface area (Å²) < 4.78 is 0. The second kappa shape index (κ2) is 8.52. The van der Waals surface area contributed by atoms with Crippen molar-refractivity contribution >= 4 is 39.7 Å². The Kier molecular flexibility index (Phi) is 6.13. The Hall–Kier alpha value is -1.55. The Morgan fingerprint density at radius 1 is 1.04 bits per heavy atom. The molecule has 1 N–H and O–H groups in total. The molecule has 0 aliphatic rings. The van der Waals surface area contributed by atoms with E-state index in [-0.39, 0.29) is 0 Å². The van der Waals surface area contributed by atoms with Gasteiger partial charge in [-0.3, -0.25) is 0 Å². The number of rotatable bonds is 7. The Balaban J connectivity index is 1.72. The van der Waals surface area contributed by atoms with Crippen molar-refractivity contribution in [2.75, 3.05) is 11.9 Å². The molecule has 0 fully saturated rings. The largest absolute Gasteiger partial charge is 0.362 e. The molecule has 24 heavy (non-hydrogen) atoms. The van der Waals surface area contributed by atoms with E-state index < -0.39 is 0 Å². The molecule has 5 heteroatoms. The fourth-order valence-electron chi connectivity index (χ4n) is 2.71. The van der Waals surface area contributed by atoms with E-state index in [1.165, 1.54) is 11.1 Å². The van der Waals surface area contributed by atoms with Crippen LogP contribution in [0.25, 0.3) is 0 Å². The van der Waals surface area contributed by atoms with E-state index in [1.807, 2.05) is 41.9 Å². The first-order valence-electron chi connectivity index (χ1n) is 7.84.